The number of likely N-dealkylation sites (N-methyl/N-ethyl adjacent to an activating group) is 1. The van der Waals surface area contributed by atoms with Gasteiger partial charge in [0, 0.05) is 31.9 Å². The number of hydrogen-bond acceptors (Lipinski definition) is 5. The number of thioether (sulfide) groups is 1. The Labute approximate surface area is 195 Å². The van der Waals surface area contributed by atoms with E-state index >= 15 is 0 Å². The number of fused-ring (bicyclic) bond motifs is 1. The highest BCUT2D eigenvalue weighted by atomic mass is 32.2. The number of likely N-dealkylation sites (tertiary alicyclic amines) is 1. The van der Waals surface area contributed by atoms with Crippen LogP contribution in [0.3, 0.4) is 0 Å². The molecule has 3 heterocycles. The van der Waals surface area contributed by atoms with Gasteiger partial charge in [0.25, 0.3) is 0 Å². The lowest BCUT2D eigenvalue weighted by molar-refractivity contribution is -0.146. The van der Waals surface area contributed by atoms with Crippen LogP contribution in [0, 0.1) is 11.8 Å². The van der Waals surface area contributed by atoms with Gasteiger partial charge < -0.3 is 19.8 Å². The Hall–Kier alpha value is -1.80. The van der Waals surface area contributed by atoms with Gasteiger partial charge in [0.2, 0.25) is 17.7 Å². The van der Waals surface area contributed by atoms with Crippen molar-refractivity contribution in [2.75, 3.05) is 33.3 Å². The SMILES string of the molecule is C=CCN(C)C(=O)[C@@H]1[C@H]2C(=O)N([C@H](C)CO)C(C(=O)N(CC=C)CCCC)C23CC[C@H]1S3. The summed E-state index contributed by atoms with van der Waals surface area (Å²) in [5.41, 5.74) is 0. The Morgan fingerprint density at radius 2 is 2.00 bits per heavy atom. The summed E-state index contributed by atoms with van der Waals surface area (Å²) in [6.45, 7) is 12.6. The van der Waals surface area contributed by atoms with Crippen molar-refractivity contribution in [1.82, 2.24) is 14.7 Å². The molecular formula is C24H37N3O4S. The third-order valence-electron chi connectivity index (χ3n) is 7.22. The van der Waals surface area contributed by atoms with Crippen molar-refractivity contribution in [3.63, 3.8) is 0 Å². The van der Waals surface area contributed by atoms with Gasteiger partial charge in [-0.3, -0.25) is 14.4 Å². The lowest BCUT2D eigenvalue weighted by Crippen LogP contribution is -2.57. The first-order chi connectivity index (χ1) is 15.3. The van der Waals surface area contributed by atoms with Crippen LogP contribution in [0.15, 0.2) is 25.3 Å². The first kappa shape index (κ1) is 24.8. The number of nitrogens with zero attached hydrogens (tertiary/aromatic N) is 3. The summed E-state index contributed by atoms with van der Waals surface area (Å²) < 4.78 is -0.622. The van der Waals surface area contributed by atoms with Crippen molar-refractivity contribution in [2.45, 2.75) is 61.6 Å². The largest absolute Gasteiger partial charge is 0.394 e. The van der Waals surface area contributed by atoms with Crippen LogP contribution in [-0.2, 0) is 14.4 Å². The zero-order valence-electron chi connectivity index (χ0n) is 19.5. The van der Waals surface area contributed by atoms with Gasteiger partial charge in [-0.2, -0.15) is 0 Å². The molecule has 0 radical (unpaired) electrons. The van der Waals surface area contributed by atoms with E-state index in [0.717, 1.165) is 25.7 Å². The summed E-state index contributed by atoms with van der Waals surface area (Å²) >= 11 is 1.66. The Morgan fingerprint density at radius 1 is 1.31 bits per heavy atom. The molecule has 0 aliphatic carbocycles. The monoisotopic (exact) mass is 463 g/mol. The van der Waals surface area contributed by atoms with Gasteiger partial charge in [0.15, 0.2) is 0 Å². The first-order valence-electron chi connectivity index (χ1n) is 11.6. The van der Waals surface area contributed by atoms with Gasteiger partial charge >= 0.3 is 0 Å². The maximum Gasteiger partial charge on any atom is 0.247 e. The molecule has 178 valence electrons. The average Bonchev–Trinajstić information content (AvgIpc) is 3.42. The summed E-state index contributed by atoms with van der Waals surface area (Å²) in [4.78, 5) is 46.1. The molecule has 2 unspecified atom stereocenters. The molecule has 6 atom stereocenters. The van der Waals surface area contributed by atoms with Gasteiger partial charge in [0.1, 0.15) is 6.04 Å². The average molecular weight is 464 g/mol. The molecule has 1 spiro atoms. The first-order valence-corrected chi connectivity index (χ1v) is 12.5. The van der Waals surface area contributed by atoms with E-state index in [-0.39, 0.29) is 29.6 Å². The second-order valence-electron chi connectivity index (χ2n) is 9.27. The Bertz CT molecular complexity index is 774. The molecule has 0 saturated carbocycles. The van der Waals surface area contributed by atoms with E-state index in [1.54, 1.807) is 52.6 Å². The molecule has 0 aromatic carbocycles. The molecule has 1 N–H and O–H groups in total. The zero-order chi connectivity index (χ0) is 23.6. The smallest absolute Gasteiger partial charge is 0.247 e. The van der Waals surface area contributed by atoms with Crippen LogP contribution in [-0.4, -0.2) is 92.9 Å². The number of hydrogen-bond donors (Lipinski definition) is 1. The third kappa shape index (κ3) is 3.89. The summed E-state index contributed by atoms with van der Waals surface area (Å²) in [7, 11) is 1.74. The second kappa shape index (κ2) is 10.00. The van der Waals surface area contributed by atoms with Gasteiger partial charge in [-0.1, -0.05) is 25.5 Å². The molecule has 3 aliphatic rings. The number of carbonyl (C=O) groups is 3. The van der Waals surface area contributed by atoms with Crippen LogP contribution in [0.4, 0.5) is 0 Å². The molecule has 32 heavy (non-hydrogen) atoms. The minimum absolute atomic E-state index is 0.0362. The van der Waals surface area contributed by atoms with Crippen LogP contribution >= 0.6 is 11.8 Å². The summed E-state index contributed by atoms with van der Waals surface area (Å²) in [6, 6.07) is -1.16. The fraction of sp³-hybridized carbons (Fsp3) is 0.708. The van der Waals surface area contributed by atoms with E-state index in [9.17, 15) is 19.5 Å². The lowest BCUT2D eigenvalue weighted by Gasteiger charge is -2.39. The number of aliphatic hydroxyl groups is 1. The number of carbonyl (C=O) groups excluding carboxylic acids is 3. The Morgan fingerprint density at radius 3 is 2.59 bits per heavy atom. The van der Waals surface area contributed by atoms with Gasteiger partial charge in [-0.05, 0) is 26.2 Å². The highest BCUT2D eigenvalue weighted by Crippen LogP contribution is 2.66. The van der Waals surface area contributed by atoms with Crippen LogP contribution in [0.5, 0.6) is 0 Å². The van der Waals surface area contributed by atoms with E-state index in [0.29, 0.717) is 19.6 Å². The number of amides is 3. The zero-order valence-corrected chi connectivity index (χ0v) is 20.4. The molecule has 3 fully saturated rings. The number of rotatable bonds is 11. The fourth-order valence-corrected chi connectivity index (χ4v) is 7.91. The molecule has 3 amide bonds. The van der Waals surface area contributed by atoms with Gasteiger partial charge in [-0.25, -0.2) is 0 Å². The summed E-state index contributed by atoms with van der Waals surface area (Å²) in [6.07, 6.45) is 6.77. The topological polar surface area (TPSA) is 81.2 Å². The minimum atomic E-state index is -0.670. The van der Waals surface area contributed by atoms with Crippen LogP contribution in [0.25, 0.3) is 0 Å². The molecule has 3 saturated heterocycles. The van der Waals surface area contributed by atoms with Crippen LogP contribution < -0.4 is 0 Å². The standard InChI is InChI=1S/C24H37N3O4S/c1-6-9-14-26(13-8-3)23(31)20-24-11-10-17(32-24)18(21(29)25(5)12-7-2)19(24)22(30)27(20)16(4)15-28/h7-8,16-20,28H,2-3,6,9-15H2,1,4-5H3/t16-,17-,18+,19+,20?,24?/m1/s1. The van der Waals surface area contributed by atoms with Crippen molar-refractivity contribution in [3.8, 4) is 0 Å². The maximum absolute atomic E-state index is 13.9. The predicted molar refractivity (Wildman–Crippen MR) is 127 cm³/mol. The molecular weight excluding hydrogens is 426 g/mol. The van der Waals surface area contributed by atoms with E-state index in [4.69, 9.17) is 0 Å². The summed E-state index contributed by atoms with van der Waals surface area (Å²) in [5.74, 6) is -1.29. The van der Waals surface area contributed by atoms with Crippen molar-refractivity contribution in [2.24, 2.45) is 11.8 Å². The molecule has 0 aromatic heterocycles. The molecule has 2 bridgehead atoms. The molecule has 0 aromatic rings. The number of unbranched alkanes of at least 4 members (excludes halogenated alkanes) is 1. The van der Waals surface area contributed by atoms with Crippen molar-refractivity contribution >= 4 is 29.5 Å². The van der Waals surface area contributed by atoms with E-state index in [2.05, 4.69) is 20.1 Å². The molecule has 3 aliphatic heterocycles. The Balaban J connectivity index is 2.02. The molecule has 7 nitrogen and oxygen atoms in total. The van der Waals surface area contributed by atoms with Gasteiger partial charge in [-0.15, -0.1) is 24.9 Å². The lowest BCUT2D eigenvalue weighted by atomic mass is 9.70. The minimum Gasteiger partial charge on any atom is -0.394 e. The van der Waals surface area contributed by atoms with Gasteiger partial charge in [0.05, 0.1) is 29.2 Å². The van der Waals surface area contributed by atoms with Crippen molar-refractivity contribution < 1.29 is 19.5 Å². The Kier molecular flexibility index (Phi) is 7.76. The normalized spacial score (nSPS) is 31.4. The molecule has 3 rings (SSSR count). The van der Waals surface area contributed by atoms with E-state index < -0.39 is 28.7 Å². The number of aliphatic hydroxyl groups excluding tert-OH is 1. The maximum atomic E-state index is 13.9. The van der Waals surface area contributed by atoms with Crippen LogP contribution in [0.1, 0.15) is 39.5 Å². The van der Waals surface area contributed by atoms with Crippen LogP contribution in [0.2, 0.25) is 0 Å². The predicted octanol–water partition coefficient (Wildman–Crippen LogP) is 1.92. The molecule has 8 heteroatoms. The fourth-order valence-electron chi connectivity index (χ4n) is 5.72. The summed E-state index contributed by atoms with van der Waals surface area (Å²) in [5, 5.41) is 9.97. The highest BCUT2D eigenvalue weighted by molar-refractivity contribution is 8.02. The van der Waals surface area contributed by atoms with Crippen molar-refractivity contribution in [3.05, 3.63) is 25.3 Å². The highest BCUT2D eigenvalue weighted by Gasteiger charge is 2.74. The second-order valence-corrected chi connectivity index (χ2v) is 10.9. The quantitative estimate of drug-likeness (QED) is 0.474. The van der Waals surface area contributed by atoms with E-state index in [1.165, 1.54) is 0 Å². The third-order valence-corrected chi connectivity index (χ3v) is 9.17. The van der Waals surface area contributed by atoms with Crippen molar-refractivity contribution in [1.29, 1.82) is 0 Å². The van der Waals surface area contributed by atoms with E-state index in [1.807, 2.05) is 0 Å².